The molecule has 1 heterocycles. The van der Waals surface area contributed by atoms with Crippen molar-refractivity contribution in [1.82, 2.24) is 14.5 Å². The molecule has 1 aliphatic heterocycles. The van der Waals surface area contributed by atoms with E-state index in [1.54, 1.807) is 18.2 Å². The van der Waals surface area contributed by atoms with Gasteiger partial charge in [-0.3, -0.25) is 9.69 Å². The predicted molar refractivity (Wildman–Crippen MR) is 114 cm³/mol. The molecule has 0 bridgehead atoms. The van der Waals surface area contributed by atoms with Crippen molar-refractivity contribution in [3.8, 4) is 0 Å². The highest BCUT2D eigenvalue weighted by Crippen LogP contribution is 2.24. The van der Waals surface area contributed by atoms with Crippen LogP contribution in [0.2, 0.25) is 5.02 Å². The van der Waals surface area contributed by atoms with Crippen LogP contribution < -0.4 is 5.32 Å². The number of halogens is 1. The van der Waals surface area contributed by atoms with Gasteiger partial charge in [0.05, 0.1) is 11.6 Å². The van der Waals surface area contributed by atoms with Gasteiger partial charge < -0.3 is 5.32 Å². The summed E-state index contributed by atoms with van der Waals surface area (Å²) in [5.74, 6) is -0.0273. The Kier molecular flexibility index (Phi) is 7.66. The summed E-state index contributed by atoms with van der Waals surface area (Å²) in [4.78, 5) is 14.3. The second-order valence-corrected chi connectivity index (χ2v) is 9.36. The molecule has 1 fully saturated rings. The van der Waals surface area contributed by atoms with Crippen LogP contribution in [0.3, 0.4) is 0 Å². The number of rotatable bonds is 8. The van der Waals surface area contributed by atoms with Gasteiger partial charge in [-0.2, -0.15) is 4.31 Å². The maximum atomic E-state index is 12.8. The van der Waals surface area contributed by atoms with E-state index < -0.39 is 10.0 Å². The number of nitrogens with one attached hydrogen (secondary N) is 1. The van der Waals surface area contributed by atoms with Gasteiger partial charge in [0, 0.05) is 32.7 Å². The molecule has 0 radical (unpaired) electrons. The third-order valence-electron chi connectivity index (χ3n) is 4.96. The first-order valence-electron chi connectivity index (χ1n) is 9.74. The zero-order valence-electron chi connectivity index (χ0n) is 16.3. The van der Waals surface area contributed by atoms with Gasteiger partial charge in [0.2, 0.25) is 15.9 Å². The van der Waals surface area contributed by atoms with E-state index in [9.17, 15) is 13.2 Å². The van der Waals surface area contributed by atoms with Crippen molar-refractivity contribution in [2.75, 3.05) is 39.3 Å². The number of hydrogen-bond acceptors (Lipinski definition) is 4. The van der Waals surface area contributed by atoms with Crippen LogP contribution in [0, 0.1) is 0 Å². The Balaban J connectivity index is 1.40. The van der Waals surface area contributed by atoms with Crippen molar-refractivity contribution in [3.63, 3.8) is 0 Å². The normalized spacial score (nSPS) is 15.9. The number of sulfonamides is 1. The Morgan fingerprint density at radius 3 is 2.31 bits per heavy atom. The average Bonchev–Trinajstić information content (AvgIpc) is 2.72. The van der Waals surface area contributed by atoms with Gasteiger partial charge >= 0.3 is 0 Å². The Bertz CT molecular complexity index is 914. The number of hydrogen-bond donors (Lipinski definition) is 1. The first kappa shape index (κ1) is 21.8. The molecule has 1 amide bonds. The SMILES string of the molecule is O=C(CN1CCN(S(=O)(=O)c2ccccc2Cl)CC1)NCCCc1ccccc1. The molecule has 6 nitrogen and oxygen atoms in total. The fourth-order valence-corrected chi connectivity index (χ4v) is 5.26. The van der Waals surface area contributed by atoms with E-state index in [0.717, 1.165) is 12.8 Å². The molecule has 156 valence electrons. The molecule has 8 heteroatoms. The van der Waals surface area contributed by atoms with Gasteiger partial charge in [-0.25, -0.2) is 8.42 Å². The molecule has 0 spiro atoms. The number of carbonyl (C=O) groups is 1. The largest absolute Gasteiger partial charge is 0.355 e. The molecule has 1 aliphatic rings. The third kappa shape index (κ3) is 6.02. The van der Waals surface area contributed by atoms with Crippen LogP contribution in [-0.4, -0.2) is 62.8 Å². The minimum absolute atomic E-state index is 0.0273. The highest BCUT2D eigenvalue weighted by Gasteiger charge is 2.30. The van der Waals surface area contributed by atoms with Crippen molar-refractivity contribution in [1.29, 1.82) is 0 Å². The van der Waals surface area contributed by atoms with Crippen LogP contribution >= 0.6 is 11.6 Å². The van der Waals surface area contributed by atoms with E-state index in [1.165, 1.54) is 15.9 Å². The number of amides is 1. The van der Waals surface area contributed by atoms with E-state index in [1.807, 2.05) is 23.1 Å². The molecule has 1 saturated heterocycles. The van der Waals surface area contributed by atoms with Gasteiger partial charge in [0.1, 0.15) is 4.90 Å². The topological polar surface area (TPSA) is 69.7 Å². The first-order chi connectivity index (χ1) is 14.0. The number of benzene rings is 2. The molecule has 0 saturated carbocycles. The lowest BCUT2D eigenvalue weighted by Crippen LogP contribution is -2.51. The Morgan fingerprint density at radius 1 is 0.966 bits per heavy atom. The van der Waals surface area contributed by atoms with Crippen molar-refractivity contribution in [2.24, 2.45) is 0 Å². The minimum Gasteiger partial charge on any atom is -0.355 e. The number of nitrogens with zero attached hydrogens (tertiary/aromatic N) is 2. The highest BCUT2D eigenvalue weighted by molar-refractivity contribution is 7.89. The second kappa shape index (κ2) is 10.2. The van der Waals surface area contributed by atoms with Crippen LogP contribution in [0.4, 0.5) is 0 Å². The molecule has 3 rings (SSSR count). The van der Waals surface area contributed by atoms with Gasteiger partial charge in [0.15, 0.2) is 0 Å². The summed E-state index contributed by atoms with van der Waals surface area (Å²) in [5, 5.41) is 3.17. The lowest BCUT2D eigenvalue weighted by Gasteiger charge is -2.33. The minimum atomic E-state index is -3.61. The molecule has 29 heavy (non-hydrogen) atoms. The molecular weight excluding hydrogens is 410 g/mol. The second-order valence-electron chi connectivity index (χ2n) is 7.05. The fraction of sp³-hybridized carbons (Fsp3) is 0.381. The zero-order valence-corrected chi connectivity index (χ0v) is 17.8. The standard InChI is InChI=1S/C21H26ClN3O3S/c22-19-10-4-5-11-20(19)29(27,28)25-15-13-24(14-16-25)17-21(26)23-12-6-9-18-7-2-1-3-8-18/h1-5,7-8,10-11H,6,9,12-17H2,(H,23,26). The van der Waals surface area contributed by atoms with Crippen LogP contribution in [0.5, 0.6) is 0 Å². The number of piperazine rings is 1. The lowest BCUT2D eigenvalue weighted by molar-refractivity contribution is -0.122. The Hall–Kier alpha value is -1.93. The fourth-order valence-electron chi connectivity index (χ4n) is 3.34. The molecule has 2 aromatic rings. The number of carbonyl (C=O) groups excluding carboxylic acids is 1. The van der Waals surface area contributed by atoms with Crippen LogP contribution in [0.25, 0.3) is 0 Å². The van der Waals surface area contributed by atoms with Gasteiger partial charge in [-0.05, 0) is 30.5 Å². The van der Waals surface area contributed by atoms with Gasteiger partial charge in [-0.15, -0.1) is 0 Å². The van der Waals surface area contributed by atoms with Crippen LogP contribution in [-0.2, 0) is 21.2 Å². The third-order valence-corrected chi connectivity index (χ3v) is 7.36. The number of aryl methyl sites for hydroxylation is 1. The maximum Gasteiger partial charge on any atom is 0.244 e. The molecule has 0 unspecified atom stereocenters. The van der Waals surface area contributed by atoms with E-state index in [0.29, 0.717) is 32.7 Å². The van der Waals surface area contributed by atoms with Gasteiger partial charge in [0.25, 0.3) is 0 Å². The van der Waals surface area contributed by atoms with Crippen molar-refractivity contribution in [3.05, 3.63) is 65.2 Å². The Morgan fingerprint density at radius 2 is 1.62 bits per heavy atom. The smallest absolute Gasteiger partial charge is 0.244 e. The zero-order chi connectivity index (χ0) is 20.7. The highest BCUT2D eigenvalue weighted by atomic mass is 35.5. The van der Waals surface area contributed by atoms with Crippen molar-refractivity contribution >= 4 is 27.5 Å². The monoisotopic (exact) mass is 435 g/mol. The van der Waals surface area contributed by atoms with E-state index in [-0.39, 0.29) is 22.4 Å². The van der Waals surface area contributed by atoms with Gasteiger partial charge in [-0.1, -0.05) is 54.1 Å². The summed E-state index contributed by atoms with van der Waals surface area (Å²) < 4.78 is 27.0. The summed E-state index contributed by atoms with van der Waals surface area (Å²) in [6.07, 6.45) is 1.82. The average molecular weight is 436 g/mol. The molecule has 0 aromatic heterocycles. The summed E-state index contributed by atoms with van der Waals surface area (Å²) in [6, 6.07) is 16.6. The molecular formula is C21H26ClN3O3S. The van der Waals surface area contributed by atoms with E-state index in [4.69, 9.17) is 11.6 Å². The predicted octanol–water partition coefficient (Wildman–Crippen LogP) is 2.40. The maximum absolute atomic E-state index is 12.8. The van der Waals surface area contributed by atoms with Crippen molar-refractivity contribution in [2.45, 2.75) is 17.7 Å². The van der Waals surface area contributed by atoms with Crippen molar-refractivity contribution < 1.29 is 13.2 Å². The Labute approximate surface area is 177 Å². The summed E-state index contributed by atoms with van der Waals surface area (Å²) >= 11 is 6.06. The first-order valence-corrected chi connectivity index (χ1v) is 11.6. The summed E-state index contributed by atoms with van der Waals surface area (Å²) in [5.41, 5.74) is 1.26. The van der Waals surface area contributed by atoms with E-state index >= 15 is 0 Å². The molecule has 2 aromatic carbocycles. The van der Waals surface area contributed by atoms with Crippen LogP contribution in [0.1, 0.15) is 12.0 Å². The lowest BCUT2D eigenvalue weighted by atomic mass is 10.1. The van der Waals surface area contributed by atoms with E-state index in [2.05, 4.69) is 17.4 Å². The molecule has 0 atom stereocenters. The summed E-state index contributed by atoms with van der Waals surface area (Å²) in [7, 11) is -3.61. The molecule has 1 N–H and O–H groups in total. The van der Waals surface area contributed by atoms with Crippen LogP contribution in [0.15, 0.2) is 59.5 Å². The molecule has 0 aliphatic carbocycles. The quantitative estimate of drug-likeness (QED) is 0.646. The summed E-state index contributed by atoms with van der Waals surface area (Å²) in [6.45, 7) is 2.63.